The zero-order valence-corrected chi connectivity index (χ0v) is 27.2. The largest absolute Gasteiger partial charge is 0.479 e. The van der Waals surface area contributed by atoms with Gasteiger partial charge in [0.25, 0.3) is 11.2 Å². The van der Waals surface area contributed by atoms with Gasteiger partial charge in [-0.1, -0.05) is 30.2 Å². The van der Waals surface area contributed by atoms with Crippen molar-refractivity contribution in [2.24, 2.45) is 0 Å². The van der Waals surface area contributed by atoms with Crippen LogP contribution >= 0.6 is 11.6 Å². The monoisotopic (exact) mass is 698 g/mol. The van der Waals surface area contributed by atoms with Crippen molar-refractivity contribution in [3.8, 4) is 23.5 Å². The van der Waals surface area contributed by atoms with E-state index in [0.717, 1.165) is 0 Å². The lowest BCUT2D eigenvalue weighted by Crippen LogP contribution is -2.52. The first-order valence-electron chi connectivity index (χ1n) is 14.9. The third kappa shape index (κ3) is 8.23. The van der Waals surface area contributed by atoms with Gasteiger partial charge in [-0.2, -0.15) is 9.97 Å². The van der Waals surface area contributed by atoms with E-state index in [-0.39, 0.29) is 46.8 Å². The topological polar surface area (TPSA) is 231 Å². The number of imidazole rings is 1. The Morgan fingerprint density at radius 3 is 2.41 bits per heavy atom. The molecule has 0 bridgehead atoms. The number of halogens is 1. The molecule has 49 heavy (non-hydrogen) atoms. The Balaban J connectivity index is 1.59. The molecular formula is C32H35ClN6O10. The van der Waals surface area contributed by atoms with Gasteiger partial charge in [0.15, 0.2) is 29.3 Å². The number of ether oxygens (including phenoxy) is 2. The van der Waals surface area contributed by atoms with E-state index in [1.807, 2.05) is 13.8 Å². The van der Waals surface area contributed by atoms with Gasteiger partial charge in [-0.25, -0.2) is 14.6 Å². The highest BCUT2D eigenvalue weighted by Gasteiger charge is 2.49. The molecule has 4 rings (SSSR count). The number of carboxylic acid groups (broad SMARTS) is 2. The summed E-state index contributed by atoms with van der Waals surface area (Å²) >= 11 is 6.14. The summed E-state index contributed by atoms with van der Waals surface area (Å²) < 4.78 is 14.0. The Labute approximate surface area is 284 Å². The molecule has 4 aromatic rings. The third-order valence-corrected chi connectivity index (χ3v) is 7.52. The Hall–Kier alpha value is -4.89. The highest BCUT2D eigenvalue weighted by Crippen LogP contribution is 2.28. The van der Waals surface area contributed by atoms with Crippen molar-refractivity contribution >= 4 is 40.5 Å². The maximum Gasteiger partial charge on any atom is 0.348 e. The summed E-state index contributed by atoms with van der Waals surface area (Å²) in [6.07, 6.45) is 3.10. The lowest BCUT2D eigenvalue weighted by atomic mass is 9.93. The molecule has 1 aromatic carbocycles. The normalized spacial score (nSPS) is 13.6. The molecule has 260 valence electrons. The van der Waals surface area contributed by atoms with Crippen molar-refractivity contribution in [2.45, 2.75) is 56.9 Å². The first-order valence-corrected chi connectivity index (χ1v) is 15.3. The molecule has 16 nitrogen and oxygen atoms in total. The number of terminal acetylenes is 1. The highest BCUT2D eigenvalue weighted by molar-refractivity contribution is 6.28. The molecule has 0 unspecified atom stereocenters. The van der Waals surface area contributed by atoms with E-state index in [1.54, 1.807) is 12.1 Å². The number of hydrogen-bond donors (Lipinski definition) is 6. The summed E-state index contributed by atoms with van der Waals surface area (Å²) in [5, 5.41) is 53.2. The van der Waals surface area contributed by atoms with Crippen LogP contribution in [0.4, 0.5) is 5.82 Å². The van der Waals surface area contributed by atoms with Crippen LogP contribution in [0.25, 0.3) is 22.3 Å². The van der Waals surface area contributed by atoms with Gasteiger partial charge in [-0.3, -0.25) is 9.36 Å². The van der Waals surface area contributed by atoms with E-state index >= 15 is 0 Å². The average Bonchev–Trinajstić information content (AvgIpc) is 3.48. The Morgan fingerprint density at radius 2 is 1.82 bits per heavy atom. The molecule has 0 amide bonds. The summed E-state index contributed by atoms with van der Waals surface area (Å²) in [6.45, 7) is 2.03. The van der Waals surface area contributed by atoms with Crippen LogP contribution in [-0.2, 0) is 32.0 Å². The van der Waals surface area contributed by atoms with Crippen molar-refractivity contribution in [3.05, 3.63) is 70.1 Å². The second-order valence-corrected chi connectivity index (χ2v) is 11.5. The van der Waals surface area contributed by atoms with Crippen molar-refractivity contribution < 1.29 is 44.6 Å². The number of nitrogens with one attached hydrogen (secondary N) is 1. The number of pyridine rings is 1. The second-order valence-electron chi connectivity index (χ2n) is 11.2. The third-order valence-electron chi connectivity index (χ3n) is 7.36. The summed E-state index contributed by atoms with van der Waals surface area (Å²) in [6, 6.07) is 9.15. The van der Waals surface area contributed by atoms with Gasteiger partial charge >= 0.3 is 11.9 Å². The van der Waals surface area contributed by atoms with E-state index in [2.05, 4.69) is 26.2 Å². The molecule has 0 radical (unpaired) electrons. The van der Waals surface area contributed by atoms with Gasteiger partial charge in [0.1, 0.15) is 6.10 Å². The number of aliphatic hydroxyl groups is 3. The molecule has 0 fully saturated rings. The molecule has 0 aliphatic rings. The van der Waals surface area contributed by atoms with Crippen LogP contribution in [0.1, 0.15) is 25.6 Å². The van der Waals surface area contributed by atoms with Crippen LogP contribution in [-0.4, -0.2) is 105 Å². The maximum absolute atomic E-state index is 12.8. The molecule has 0 aliphatic heterocycles. The fourth-order valence-electron chi connectivity index (χ4n) is 4.94. The lowest BCUT2D eigenvalue weighted by molar-refractivity contribution is -0.195. The van der Waals surface area contributed by atoms with Gasteiger partial charge in [-0.15, -0.1) is 6.42 Å². The van der Waals surface area contributed by atoms with E-state index in [9.17, 15) is 39.9 Å². The zero-order valence-electron chi connectivity index (χ0n) is 26.4. The van der Waals surface area contributed by atoms with Crippen molar-refractivity contribution in [1.29, 1.82) is 0 Å². The van der Waals surface area contributed by atoms with Gasteiger partial charge in [-0.05, 0) is 48.7 Å². The minimum Gasteiger partial charge on any atom is -0.479 e. The molecule has 17 heteroatoms. The number of aliphatic carboxylic acids is 2. The first-order chi connectivity index (χ1) is 23.3. The van der Waals surface area contributed by atoms with E-state index in [1.165, 1.54) is 45.9 Å². The minimum absolute atomic E-state index is 0.0560. The molecule has 0 aliphatic carbocycles. The summed E-state index contributed by atoms with van der Waals surface area (Å²) in [4.78, 5) is 50.3. The number of hydrogen-bond acceptors (Lipinski definition) is 12. The molecule has 0 spiro atoms. The van der Waals surface area contributed by atoms with Crippen LogP contribution in [0.2, 0.25) is 5.28 Å². The predicted octanol–water partition coefficient (Wildman–Crippen LogP) is 1.16. The van der Waals surface area contributed by atoms with Crippen LogP contribution in [0.15, 0.2) is 53.7 Å². The summed E-state index contributed by atoms with van der Waals surface area (Å²) in [5.74, 6) is -1.23. The molecule has 3 aromatic heterocycles. The molecule has 6 N–H and O–H groups in total. The van der Waals surface area contributed by atoms with Crippen molar-refractivity contribution in [2.75, 3.05) is 25.1 Å². The Kier molecular flexibility index (Phi) is 12.1. The zero-order chi connectivity index (χ0) is 35.9. The van der Waals surface area contributed by atoms with Gasteiger partial charge in [0, 0.05) is 30.8 Å². The molecule has 3 atom stereocenters. The second kappa shape index (κ2) is 16.0. The smallest absolute Gasteiger partial charge is 0.348 e. The summed E-state index contributed by atoms with van der Waals surface area (Å²) in [5.41, 5.74) is -1.77. The number of carbonyl (C=O) groups is 2. The molecule has 0 saturated heterocycles. The van der Waals surface area contributed by atoms with E-state index < -0.39 is 55.6 Å². The fourth-order valence-corrected chi connectivity index (χ4v) is 5.10. The van der Waals surface area contributed by atoms with Gasteiger partial charge < -0.3 is 44.9 Å². The van der Waals surface area contributed by atoms with E-state index in [0.29, 0.717) is 16.9 Å². The Bertz CT molecular complexity index is 1870. The lowest BCUT2D eigenvalue weighted by Gasteiger charge is -2.30. The molecule has 3 heterocycles. The first kappa shape index (κ1) is 36.9. The number of nitrogens with zero attached hydrogens (tertiary/aromatic N) is 5. The van der Waals surface area contributed by atoms with Crippen LogP contribution in [0.5, 0.6) is 0 Å². The van der Waals surface area contributed by atoms with Crippen LogP contribution in [0.3, 0.4) is 0 Å². The number of aromatic nitrogens is 5. The fraction of sp³-hybridized carbons (Fsp3) is 0.375. The van der Waals surface area contributed by atoms with Crippen LogP contribution in [0, 0.1) is 12.3 Å². The van der Waals surface area contributed by atoms with Crippen molar-refractivity contribution in [3.63, 3.8) is 0 Å². The highest BCUT2D eigenvalue weighted by atomic mass is 35.5. The number of aliphatic hydroxyl groups excluding tert-OH is 3. The quantitative estimate of drug-likeness (QED) is 0.0516. The number of anilines is 1. The average molecular weight is 699 g/mol. The predicted molar refractivity (Wildman–Crippen MR) is 176 cm³/mol. The number of carboxylic acids is 2. The van der Waals surface area contributed by atoms with Gasteiger partial charge in [0.2, 0.25) is 5.28 Å². The number of benzene rings is 1. The van der Waals surface area contributed by atoms with Crippen molar-refractivity contribution in [1.82, 2.24) is 24.1 Å². The number of rotatable bonds is 17. The summed E-state index contributed by atoms with van der Waals surface area (Å²) in [7, 11) is 0. The van der Waals surface area contributed by atoms with Gasteiger partial charge in [0.05, 0.1) is 26.1 Å². The number of fused-ring (bicyclic) bond motifs is 1. The SMILES string of the molecule is C#C[C@@H](O)[C@@H](O[C@@H](CO)COC(Cc1ccc(-c2cccn(CCO)c2=O)cc1)(C(=O)O)C(=O)O)n1cnc2c(NC(C)C)nc(Cl)nc21. The maximum atomic E-state index is 12.8. The molecule has 0 saturated carbocycles. The Morgan fingerprint density at radius 1 is 1.12 bits per heavy atom. The standard InChI is InChI=1S/C32H35ClN6O10/c1-4-23(42)28(39-17-34-24-25(35-18(2)3)36-31(33)37-26(24)39)49-21(15-41)16-48-32(29(44)45,30(46)47)14-19-7-9-20(10-8-19)22-6-5-11-38(12-13-40)27(22)43/h1,5-11,17-18,21,23,28,40-42H,12-16H2,2-3H3,(H,44,45)(H,46,47)(H,35,36,37)/t21-,23+,28+/m0/s1. The van der Waals surface area contributed by atoms with Crippen LogP contribution < -0.4 is 10.9 Å². The van der Waals surface area contributed by atoms with E-state index in [4.69, 9.17) is 27.5 Å². The minimum atomic E-state index is -2.83. The molecular weight excluding hydrogens is 664 g/mol.